The van der Waals surface area contributed by atoms with E-state index in [0.29, 0.717) is 13.2 Å². The van der Waals surface area contributed by atoms with Crippen molar-refractivity contribution >= 4 is 0 Å². The standard InChI is InChI=1S/C24H28N2O3/c1-17-13-20(5-7-22(17)23-8-6-21(27-4)14-18(23)2)24(15-26-11-10-25-16-26)28-12-9-19(3)29-24/h5-8,10-11,13-14,16,19H,9,12,15H2,1-4H3. The third kappa shape index (κ3) is 3.93. The second kappa shape index (κ2) is 8.01. The Morgan fingerprint density at radius 1 is 1.14 bits per heavy atom. The van der Waals surface area contributed by atoms with E-state index in [2.05, 4.69) is 56.1 Å². The fraction of sp³-hybridized carbons (Fsp3) is 0.375. The van der Waals surface area contributed by atoms with Gasteiger partial charge in [-0.3, -0.25) is 0 Å². The Morgan fingerprint density at radius 3 is 2.52 bits per heavy atom. The lowest BCUT2D eigenvalue weighted by Gasteiger charge is -2.41. The number of nitrogens with zero attached hydrogens (tertiary/aromatic N) is 2. The molecule has 29 heavy (non-hydrogen) atoms. The molecule has 2 heterocycles. The van der Waals surface area contributed by atoms with E-state index < -0.39 is 5.79 Å². The number of aromatic nitrogens is 2. The lowest BCUT2D eigenvalue weighted by molar-refractivity contribution is -0.306. The van der Waals surface area contributed by atoms with Gasteiger partial charge >= 0.3 is 0 Å². The highest BCUT2D eigenvalue weighted by atomic mass is 16.7. The summed E-state index contributed by atoms with van der Waals surface area (Å²) in [4.78, 5) is 4.17. The summed E-state index contributed by atoms with van der Waals surface area (Å²) in [6.45, 7) is 7.60. The van der Waals surface area contributed by atoms with Crippen LogP contribution in [0, 0.1) is 13.8 Å². The van der Waals surface area contributed by atoms with Gasteiger partial charge in [0.25, 0.3) is 0 Å². The largest absolute Gasteiger partial charge is 0.497 e. The van der Waals surface area contributed by atoms with Gasteiger partial charge in [-0.1, -0.05) is 24.3 Å². The highest BCUT2D eigenvalue weighted by Gasteiger charge is 2.40. The fourth-order valence-electron chi connectivity index (χ4n) is 4.02. The van der Waals surface area contributed by atoms with Crippen molar-refractivity contribution in [2.75, 3.05) is 13.7 Å². The van der Waals surface area contributed by atoms with Crippen LogP contribution < -0.4 is 4.74 Å². The highest BCUT2D eigenvalue weighted by molar-refractivity contribution is 5.71. The van der Waals surface area contributed by atoms with Crippen LogP contribution in [0.25, 0.3) is 11.1 Å². The lowest BCUT2D eigenvalue weighted by Crippen LogP contribution is -2.44. The third-order valence-electron chi connectivity index (χ3n) is 5.59. The molecular weight excluding hydrogens is 364 g/mol. The number of ether oxygens (including phenoxy) is 3. The molecule has 2 atom stereocenters. The van der Waals surface area contributed by atoms with E-state index in [4.69, 9.17) is 14.2 Å². The van der Waals surface area contributed by atoms with Crippen molar-refractivity contribution in [3.05, 3.63) is 71.8 Å². The van der Waals surface area contributed by atoms with Gasteiger partial charge in [-0.2, -0.15) is 0 Å². The molecule has 4 rings (SSSR count). The molecule has 0 amide bonds. The zero-order valence-corrected chi connectivity index (χ0v) is 17.5. The van der Waals surface area contributed by atoms with E-state index >= 15 is 0 Å². The molecule has 152 valence electrons. The Hall–Kier alpha value is -2.63. The molecule has 1 fully saturated rings. The molecule has 0 aliphatic carbocycles. The van der Waals surface area contributed by atoms with E-state index in [0.717, 1.165) is 17.7 Å². The molecule has 0 radical (unpaired) electrons. The summed E-state index contributed by atoms with van der Waals surface area (Å²) in [5.41, 5.74) is 5.82. The van der Waals surface area contributed by atoms with E-state index in [1.54, 1.807) is 19.6 Å². The maximum atomic E-state index is 6.40. The number of hydrogen-bond donors (Lipinski definition) is 0. The SMILES string of the molecule is COc1ccc(-c2ccc(C3(Cn4ccnc4)OCCC(C)O3)cc2C)c(C)c1. The van der Waals surface area contributed by atoms with Gasteiger partial charge in [-0.05, 0) is 61.6 Å². The highest BCUT2D eigenvalue weighted by Crippen LogP contribution is 2.38. The van der Waals surface area contributed by atoms with Crippen molar-refractivity contribution in [3.8, 4) is 16.9 Å². The molecule has 0 bridgehead atoms. The first-order valence-electron chi connectivity index (χ1n) is 10.0. The van der Waals surface area contributed by atoms with Crippen LogP contribution in [-0.2, 0) is 21.8 Å². The number of hydrogen-bond acceptors (Lipinski definition) is 4. The van der Waals surface area contributed by atoms with Crippen LogP contribution in [0.1, 0.15) is 30.0 Å². The summed E-state index contributed by atoms with van der Waals surface area (Å²) in [6.07, 6.45) is 6.55. The van der Waals surface area contributed by atoms with E-state index in [9.17, 15) is 0 Å². The molecule has 5 nitrogen and oxygen atoms in total. The summed E-state index contributed by atoms with van der Waals surface area (Å²) in [7, 11) is 1.69. The first kappa shape index (κ1) is 19.7. The molecule has 2 aromatic carbocycles. The Balaban J connectivity index is 1.72. The number of imidazole rings is 1. The average molecular weight is 392 g/mol. The van der Waals surface area contributed by atoms with Gasteiger partial charge in [0.1, 0.15) is 5.75 Å². The van der Waals surface area contributed by atoms with Gasteiger partial charge in [0.2, 0.25) is 5.79 Å². The molecule has 1 aliphatic heterocycles. The molecular formula is C24H28N2O3. The second-order valence-corrected chi connectivity index (χ2v) is 7.76. The average Bonchev–Trinajstić information content (AvgIpc) is 3.21. The predicted molar refractivity (Wildman–Crippen MR) is 113 cm³/mol. The summed E-state index contributed by atoms with van der Waals surface area (Å²) in [5, 5.41) is 0. The maximum Gasteiger partial charge on any atom is 0.213 e. The smallest absolute Gasteiger partial charge is 0.213 e. The van der Waals surface area contributed by atoms with Gasteiger partial charge in [0.05, 0.1) is 32.7 Å². The van der Waals surface area contributed by atoms with Crippen molar-refractivity contribution in [2.45, 2.75) is 45.6 Å². The molecule has 0 N–H and O–H groups in total. The van der Waals surface area contributed by atoms with Crippen molar-refractivity contribution in [2.24, 2.45) is 0 Å². The third-order valence-corrected chi connectivity index (χ3v) is 5.59. The van der Waals surface area contributed by atoms with Crippen LogP contribution in [0.5, 0.6) is 5.75 Å². The number of methoxy groups -OCH3 is 1. The van der Waals surface area contributed by atoms with Crippen molar-refractivity contribution in [1.82, 2.24) is 9.55 Å². The van der Waals surface area contributed by atoms with E-state index in [-0.39, 0.29) is 6.10 Å². The Kier molecular flexibility index (Phi) is 5.43. The van der Waals surface area contributed by atoms with Crippen LogP contribution >= 0.6 is 0 Å². The number of rotatable bonds is 5. The number of aryl methyl sites for hydroxylation is 2. The first-order chi connectivity index (χ1) is 14.0. The minimum atomic E-state index is -0.809. The summed E-state index contributed by atoms with van der Waals surface area (Å²) < 4.78 is 20.0. The van der Waals surface area contributed by atoms with E-state index in [1.807, 2.05) is 16.8 Å². The second-order valence-electron chi connectivity index (χ2n) is 7.76. The monoisotopic (exact) mass is 392 g/mol. The van der Waals surface area contributed by atoms with Gasteiger partial charge in [-0.25, -0.2) is 4.98 Å². The lowest BCUT2D eigenvalue weighted by atomic mass is 9.92. The minimum absolute atomic E-state index is 0.135. The van der Waals surface area contributed by atoms with Crippen molar-refractivity contribution in [3.63, 3.8) is 0 Å². The molecule has 0 spiro atoms. The Bertz CT molecular complexity index is 984. The minimum Gasteiger partial charge on any atom is -0.497 e. The summed E-state index contributed by atoms with van der Waals surface area (Å²) in [5.74, 6) is 0.0640. The molecule has 5 heteroatoms. The van der Waals surface area contributed by atoms with Crippen LogP contribution in [0.2, 0.25) is 0 Å². The zero-order chi connectivity index (χ0) is 20.4. The topological polar surface area (TPSA) is 45.5 Å². The molecule has 2 unspecified atom stereocenters. The van der Waals surface area contributed by atoms with Gasteiger partial charge in [0.15, 0.2) is 0 Å². The zero-order valence-electron chi connectivity index (χ0n) is 17.5. The van der Waals surface area contributed by atoms with Crippen molar-refractivity contribution in [1.29, 1.82) is 0 Å². The van der Waals surface area contributed by atoms with E-state index in [1.165, 1.54) is 22.3 Å². The molecule has 1 saturated heterocycles. The van der Waals surface area contributed by atoms with Crippen LogP contribution in [0.15, 0.2) is 55.1 Å². The van der Waals surface area contributed by atoms with Gasteiger partial charge in [-0.15, -0.1) is 0 Å². The normalized spacial score (nSPS) is 21.9. The molecule has 3 aromatic rings. The van der Waals surface area contributed by atoms with Crippen molar-refractivity contribution < 1.29 is 14.2 Å². The number of benzene rings is 2. The van der Waals surface area contributed by atoms with Gasteiger partial charge in [0, 0.05) is 18.0 Å². The summed E-state index contributed by atoms with van der Waals surface area (Å²) in [6, 6.07) is 12.7. The molecule has 1 aromatic heterocycles. The summed E-state index contributed by atoms with van der Waals surface area (Å²) >= 11 is 0. The van der Waals surface area contributed by atoms with Crippen LogP contribution in [0.4, 0.5) is 0 Å². The fourth-order valence-corrected chi connectivity index (χ4v) is 4.02. The predicted octanol–water partition coefficient (Wildman–Crippen LogP) is 4.85. The molecule has 1 aliphatic rings. The first-order valence-corrected chi connectivity index (χ1v) is 10.0. The van der Waals surface area contributed by atoms with Crippen LogP contribution in [0.3, 0.4) is 0 Å². The van der Waals surface area contributed by atoms with Crippen LogP contribution in [-0.4, -0.2) is 29.4 Å². The maximum absolute atomic E-state index is 6.40. The van der Waals surface area contributed by atoms with Gasteiger partial charge < -0.3 is 18.8 Å². The quantitative estimate of drug-likeness (QED) is 0.622. The Labute approximate surface area is 172 Å². The Morgan fingerprint density at radius 2 is 1.90 bits per heavy atom. The molecule has 0 saturated carbocycles.